The van der Waals surface area contributed by atoms with Gasteiger partial charge in [0.15, 0.2) is 0 Å². The molecule has 1 aliphatic carbocycles. The van der Waals surface area contributed by atoms with E-state index in [-0.39, 0.29) is 18.8 Å². The van der Waals surface area contributed by atoms with E-state index in [1.54, 1.807) is 0 Å². The van der Waals surface area contributed by atoms with E-state index in [4.69, 9.17) is 4.74 Å². The molecule has 104 valence electrons. The number of aliphatic hydroxyl groups is 1. The molecule has 0 saturated heterocycles. The van der Waals surface area contributed by atoms with E-state index < -0.39 is 18.2 Å². The predicted octanol–water partition coefficient (Wildman–Crippen LogP) is 3.41. The van der Waals surface area contributed by atoms with Gasteiger partial charge in [0, 0.05) is 0 Å². The molecule has 0 aromatic carbocycles. The Hall–Kier alpha value is -0.710. The Morgan fingerprint density at radius 2 is 1.89 bits per heavy atom. The van der Waals surface area contributed by atoms with Gasteiger partial charge in [-0.3, -0.25) is 0 Å². The van der Waals surface area contributed by atoms with Crippen molar-refractivity contribution >= 4 is 0 Å². The van der Waals surface area contributed by atoms with Crippen LogP contribution in [0.3, 0.4) is 0 Å². The number of halogens is 3. The fourth-order valence-electron chi connectivity index (χ4n) is 2.78. The zero-order valence-corrected chi connectivity index (χ0v) is 10.2. The SMILES string of the molecule is OC(C1=CCCCO1)C1CCC(C(F)(F)F)CC1. The Bertz CT molecular complexity index is 304. The molecule has 0 amide bonds. The van der Waals surface area contributed by atoms with Crippen molar-refractivity contribution < 1.29 is 23.0 Å². The summed E-state index contributed by atoms with van der Waals surface area (Å²) in [5, 5.41) is 10.1. The first-order chi connectivity index (χ1) is 8.48. The van der Waals surface area contributed by atoms with Crippen molar-refractivity contribution in [2.24, 2.45) is 11.8 Å². The molecule has 2 nitrogen and oxygen atoms in total. The van der Waals surface area contributed by atoms with Gasteiger partial charge in [-0.2, -0.15) is 13.2 Å². The first-order valence-electron chi connectivity index (χ1n) is 6.56. The van der Waals surface area contributed by atoms with Gasteiger partial charge in [-0.15, -0.1) is 0 Å². The fourth-order valence-corrected chi connectivity index (χ4v) is 2.78. The molecule has 0 bridgehead atoms. The molecule has 1 heterocycles. The number of hydrogen-bond acceptors (Lipinski definition) is 2. The number of alkyl halides is 3. The van der Waals surface area contributed by atoms with Crippen LogP contribution in [0.15, 0.2) is 11.8 Å². The van der Waals surface area contributed by atoms with Crippen LogP contribution < -0.4 is 0 Å². The second-order valence-corrected chi connectivity index (χ2v) is 5.20. The normalized spacial score (nSPS) is 31.4. The second-order valence-electron chi connectivity index (χ2n) is 5.20. The van der Waals surface area contributed by atoms with Gasteiger partial charge in [-0.05, 0) is 50.5 Å². The van der Waals surface area contributed by atoms with E-state index in [0.29, 0.717) is 25.2 Å². The lowest BCUT2D eigenvalue weighted by Crippen LogP contribution is -2.33. The minimum atomic E-state index is -4.09. The maximum Gasteiger partial charge on any atom is 0.391 e. The van der Waals surface area contributed by atoms with Gasteiger partial charge in [0.05, 0.1) is 12.5 Å². The minimum Gasteiger partial charge on any atom is -0.495 e. The van der Waals surface area contributed by atoms with Gasteiger partial charge < -0.3 is 9.84 Å². The van der Waals surface area contributed by atoms with Crippen molar-refractivity contribution in [2.75, 3.05) is 6.61 Å². The van der Waals surface area contributed by atoms with Crippen molar-refractivity contribution in [1.82, 2.24) is 0 Å². The highest BCUT2D eigenvalue weighted by molar-refractivity contribution is 5.04. The van der Waals surface area contributed by atoms with Crippen LogP contribution in [-0.4, -0.2) is 24.0 Å². The average molecular weight is 264 g/mol. The summed E-state index contributed by atoms with van der Waals surface area (Å²) in [6.07, 6.45) is -0.0313. The highest BCUT2D eigenvalue weighted by Crippen LogP contribution is 2.41. The Morgan fingerprint density at radius 3 is 2.39 bits per heavy atom. The van der Waals surface area contributed by atoms with E-state index in [1.807, 2.05) is 6.08 Å². The molecule has 18 heavy (non-hydrogen) atoms. The zero-order chi connectivity index (χ0) is 13.2. The maximum absolute atomic E-state index is 12.5. The molecule has 1 atom stereocenters. The monoisotopic (exact) mass is 264 g/mol. The van der Waals surface area contributed by atoms with E-state index in [2.05, 4.69) is 0 Å². The molecule has 0 aromatic heterocycles. The predicted molar refractivity (Wildman–Crippen MR) is 60.8 cm³/mol. The first kappa shape index (κ1) is 13.7. The molecule has 1 unspecified atom stereocenters. The van der Waals surface area contributed by atoms with Crippen molar-refractivity contribution in [3.8, 4) is 0 Å². The van der Waals surface area contributed by atoms with Crippen LogP contribution in [0, 0.1) is 11.8 Å². The molecule has 2 aliphatic rings. The van der Waals surface area contributed by atoms with Gasteiger partial charge in [0.2, 0.25) is 0 Å². The average Bonchev–Trinajstić information content (AvgIpc) is 2.38. The van der Waals surface area contributed by atoms with Crippen LogP contribution in [-0.2, 0) is 4.74 Å². The van der Waals surface area contributed by atoms with Crippen LogP contribution in [0.2, 0.25) is 0 Å². The third kappa shape index (κ3) is 3.19. The third-order valence-corrected chi connectivity index (χ3v) is 3.94. The largest absolute Gasteiger partial charge is 0.495 e. The van der Waals surface area contributed by atoms with Crippen LogP contribution in [0.4, 0.5) is 13.2 Å². The summed E-state index contributed by atoms with van der Waals surface area (Å²) in [6.45, 7) is 0.598. The van der Waals surface area contributed by atoms with Crippen molar-refractivity contribution in [3.63, 3.8) is 0 Å². The number of rotatable bonds is 2. The maximum atomic E-state index is 12.5. The molecule has 2 rings (SSSR count). The second kappa shape index (κ2) is 5.51. The van der Waals surface area contributed by atoms with E-state index in [9.17, 15) is 18.3 Å². The molecule has 5 heteroatoms. The summed E-state index contributed by atoms with van der Waals surface area (Å²) in [5.74, 6) is -0.716. The molecular formula is C13H19F3O2. The van der Waals surface area contributed by atoms with E-state index in [1.165, 1.54) is 0 Å². The molecule has 1 fully saturated rings. The summed E-state index contributed by atoms with van der Waals surface area (Å²) < 4.78 is 43.0. The summed E-state index contributed by atoms with van der Waals surface area (Å²) in [6, 6.07) is 0. The summed E-state index contributed by atoms with van der Waals surface area (Å²) >= 11 is 0. The topological polar surface area (TPSA) is 29.5 Å². The molecule has 1 N–H and O–H groups in total. The zero-order valence-electron chi connectivity index (χ0n) is 10.2. The molecule has 1 saturated carbocycles. The van der Waals surface area contributed by atoms with Crippen molar-refractivity contribution in [3.05, 3.63) is 11.8 Å². The van der Waals surface area contributed by atoms with Gasteiger partial charge in [-0.1, -0.05) is 0 Å². The Balaban J connectivity index is 1.87. The molecule has 0 spiro atoms. The lowest BCUT2D eigenvalue weighted by Gasteiger charge is -2.33. The van der Waals surface area contributed by atoms with Gasteiger partial charge in [0.25, 0.3) is 0 Å². The van der Waals surface area contributed by atoms with Crippen LogP contribution in [0.1, 0.15) is 38.5 Å². The van der Waals surface area contributed by atoms with Crippen LogP contribution in [0.25, 0.3) is 0 Å². The Kier molecular flexibility index (Phi) is 4.20. The molecule has 0 aromatic rings. The minimum absolute atomic E-state index is 0.0899. The smallest absolute Gasteiger partial charge is 0.391 e. The van der Waals surface area contributed by atoms with Crippen LogP contribution >= 0.6 is 0 Å². The van der Waals surface area contributed by atoms with Crippen molar-refractivity contribution in [2.45, 2.75) is 50.8 Å². The van der Waals surface area contributed by atoms with Crippen molar-refractivity contribution in [1.29, 1.82) is 0 Å². The quantitative estimate of drug-likeness (QED) is 0.828. The highest BCUT2D eigenvalue weighted by atomic mass is 19.4. The summed E-state index contributed by atoms with van der Waals surface area (Å²) in [5.41, 5.74) is 0. The van der Waals surface area contributed by atoms with Gasteiger partial charge >= 0.3 is 6.18 Å². The molecular weight excluding hydrogens is 245 g/mol. The van der Waals surface area contributed by atoms with Gasteiger partial charge in [-0.25, -0.2) is 0 Å². The number of ether oxygens (including phenoxy) is 1. The third-order valence-electron chi connectivity index (χ3n) is 3.94. The number of aliphatic hydroxyl groups excluding tert-OH is 1. The highest BCUT2D eigenvalue weighted by Gasteiger charge is 2.42. The molecule has 0 radical (unpaired) electrons. The first-order valence-corrected chi connectivity index (χ1v) is 6.56. The number of allylic oxidation sites excluding steroid dienone is 1. The van der Waals surface area contributed by atoms with E-state index >= 15 is 0 Å². The number of hydrogen-bond donors (Lipinski definition) is 1. The fraction of sp³-hybridized carbons (Fsp3) is 0.846. The van der Waals surface area contributed by atoms with E-state index in [0.717, 1.165) is 12.8 Å². The van der Waals surface area contributed by atoms with Crippen LogP contribution in [0.5, 0.6) is 0 Å². The summed E-state index contributed by atoms with van der Waals surface area (Å²) in [7, 11) is 0. The Labute approximate surface area is 105 Å². The van der Waals surface area contributed by atoms with Gasteiger partial charge in [0.1, 0.15) is 11.9 Å². The lowest BCUT2D eigenvalue weighted by atomic mass is 9.78. The summed E-state index contributed by atoms with van der Waals surface area (Å²) in [4.78, 5) is 0. The lowest BCUT2D eigenvalue weighted by molar-refractivity contribution is -0.185. The molecule has 1 aliphatic heterocycles. The standard InChI is InChI=1S/C13H19F3O2/c14-13(15,16)10-6-4-9(5-7-10)12(17)11-3-1-2-8-18-11/h3,9-10,12,17H,1-2,4-8H2. The Morgan fingerprint density at radius 1 is 1.22 bits per heavy atom.